The molecular weight excluding hydrogens is 276 g/mol. The van der Waals surface area contributed by atoms with Gasteiger partial charge in [0.15, 0.2) is 0 Å². The second-order valence-corrected chi connectivity index (χ2v) is 4.71. The van der Waals surface area contributed by atoms with Crippen LogP contribution in [-0.4, -0.2) is 13.0 Å². The van der Waals surface area contributed by atoms with Crippen molar-refractivity contribution in [1.29, 1.82) is 0 Å². The molecule has 2 rings (SSSR count). The summed E-state index contributed by atoms with van der Waals surface area (Å²) in [6, 6.07) is 12.3. The van der Waals surface area contributed by atoms with E-state index in [4.69, 9.17) is 22.1 Å². The van der Waals surface area contributed by atoms with E-state index in [1.807, 2.05) is 18.2 Å². The number of benzene rings is 2. The minimum atomic E-state index is -0.195. The van der Waals surface area contributed by atoms with E-state index in [2.05, 4.69) is 5.32 Å². The molecule has 3 N–H and O–H groups in total. The molecule has 0 aliphatic carbocycles. The molecule has 0 aliphatic rings. The van der Waals surface area contributed by atoms with Crippen molar-refractivity contribution in [2.24, 2.45) is 0 Å². The van der Waals surface area contributed by atoms with Crippen molar-refractivity contribution in [3.05, 3.63) is 58.6 Å². The van der Waals surface area contributed by atoms with Crippen molar-refractivity contribution in [3.63, 3.8) is 0 Å². The molecule has 1 amide bonds. The number of carbonyl (C=O) groups excluding carboxylic acids is 1. The van der Waals surface area contributed by atoms with Gasteiger partial charge < -0.3 is 15.8 Å². The summed E-state index contributed by atoms with van der Waals surface area (Å²) in [7, 11) is 1.53. The Morgan fingerprint density at radius 2 is 2.10 bits per heavy atom. The highest BCUT2D eigenvalue weighted by atomic mass is 35.5. The van der Waals surface area contributed by atoms with Crippen molar-refractivity contribution in [2.75, 3.05) is 12.8 Å². The second kappa shape index (κ2) is 6.30. The average Bonchev–Trinajstić information content (AvgIpc) is 2.44. The number of halogens is 1. The first-order valence-corrected chi connectivity index (χ1v) is 6.44. The van der Waals surface area contributed by atoms with Crippen molar-refractivity contribution in [3.8, 4) is 5.75 Å². The van der Waals surface area contributed by atoms with Crippen LogP contribution in [0.3, 0.4) is 0 Å². The van der Waals surface area contributed by atoms with E-state index in [1.165, 1.54) is 7.11 Å². The van der Waals surface area contributed by atoms with Crippen LogP contribution < -0.4 is 15.8 Å². The Labute approximate surface area is 122 Å². The van der Waals surface area contributed by atoms with Crippen LogP contribution in [0, 0.1) is 0 Å². The molecule has 0 aliphatic heterocycles. The molecule has 5 heteroatoms. The highest BCUT2D eigenvalue weighted by Crippen LogP contribution is 2.21. The molecular formula is C15H15ClN2O2. The Hall–Kier alpha value is -2.20. The SMILES string of the molecule is COc1ccc(C(=O)NCc2cccc(Cl)c2)cc1N. The third-order valence-electron chi connectivity index (χ3n) is 2.83. The number of ether oxygens (including phenoxy) is 1. The number of carbonyl (C=O) groups is 1. The van der Waals surface area contributed by atoms with Crippen LogP contribution in [0.25, 0.3) is 0 Å². The molecule has 2 aromatic rings. The molecule has 0 unspecified atom stereocenters. The number of rotatable bonds is 4. The zero-order valence-corrected chi connectivity index (χ0v) is 11.8. The summed E-state index contributed by atoms with van der Waals surface area (Å²) in [6.45, 7) is 0.408. The lowest BCUT2D eigenvalue weighted by atomic mass is 10.1. The van der Waals surface area contributed by atoms with Gasteiger partial charge in [0.25, 0.3) is 5.91 Å². The minimum Gasteiger partial charge on any atom is -0.495 e. The van der Waals surface area contributed by atoms with E-state index < -0.39 is 0 Å². The molecule has 0 saturated carbocycles. The Bertz CT molecular complexity index is 629. The summed E-state index contributed by atoms with van der Waals surface area (Å²) in [5.74, 6) is 0.357. The van der Waals surface area contributed by atoms with Gasteiger partial charge in [-0.15, -0.1) is 0 Å². The number of amides is 1. The Morgan fingerprint density at radius 1 is 1.30 bits per heavy atom. The van der Waals surface area contributed by atoms with Gasteiger partial charge in [-0.25, -0.2) is 0 Å². The van der Waals surface area contributed by atoms with Crippen LogP contribution in [0.4, 0.5) is 5.69 Å². The first-order chi connectivity index (χ1) is 9.60. The van der Waals surface area contributed by atoms with Crippen molar-refractivity contribution >= 4 is 23.2 Å². The highest BCUT2D eigenvalue weighted by Gasteiger charge is 2.08. The molecule has 20 heavy (non-hydrogen) atoms. The number of anilines is 1. The van der Waals surface area contributed by atoms with E-state index in [-0.39, 0.29) is 5.91 Å². The first kappa shape index (κ1) is 14.2. The number of nitrogens with one attached hydrogen (secondary N) is 1. The molecule has 4 nitrogen and oxygen atoms in total. The zero-order valence-electron chi connectivity index (χ0n) is 11.0. The largest absolute Gasteiger partial charge is 0.495 e. The summed E-state index contributed by atoms with van der Waals surface area (Å²) in [4.78, 5) is 12.0. The van der Waals surface area contributed by atoms with E-state index in [9.17, 15) is 4.79 Å². The van der Waals surface area contributed by atoms with Gasteiger partial charge in [0, 0.05) is 17.1 Å². The topological polar surface area (TPSA) is 64.3 Å². The number of nitrogen functional groups attached to an aromatic ring is 1. The molecule has 0 fully saturated rings. The normalized spacial score (nSPS) is 10.1. The fourth-order valence-electron chi connectivity index (χ4n) is 1.81. The van der Waals surface area contributed by atoms with Gasteiger partial charge in [-0.1, -0.05) is 23.7 Å². The maximum absolute atomic E-state index is 12.0. The summed E-state index contributed by atoms with van der Waals surface area (Å²) in [5, 5.41) is 3.46. The number of methoxy groups -OCH3 is 1. The van der Waals surface area contributed by atoms with Crippen LogP contribution in [0.5, 0.6) is 5.75 Å². The number of hydrogen-bond acceptors (Lipinski definition) is 3. The van der Waals surface area contributed by atoms with Crippen molar-refractivity contribution < 1.29 is 9.53 Å². The van der Waals surface area contributed by atoms with Gasteiger partial charge >= 0.3 is 0 Å². The van der Waals surface area contributed by atoms with Gasteiger partial charge in [-0.2, -0.15) is 0 Å². The number of nitrogens with two attached hydrogens (primary N) is 1. The van der Waals surface area contributed by atoms with Gasteiger partial charge in [0.1, 0.15) is 5.75 Å². The van der Waals surface area contributed by atoms with E-state index in [0.717, 1.165) is 5.56 Å². The molecule has 0 spiro atoms. The lowest BCUT2D eigenvalue weighted by molar-refractivity contribution is 0.0951. The van der Waals surface area contributed by atoms with Crippen LogP contribution in [0.1, 0.15) is 15.9 Å². The second-order valence-electron chi connectivity index (χ2n) is 4.27. The monoisotopic (exact) mass is 290 g/mol. The van der Waals surface area contributed by atoms with Crippen LogP contribution >= 0.6 is 11.6 Å². The van der Waals surface area contributed by atoms with Crippen molar-refractivity contribution in [1.82, 2.24) is 5.32 Å². The molecule has 0 radical (unpaired) electrons. The van der Waals surface area contributed by atoms with Gasteiger partial charge in [-0.05, 0) is 35.9 Å². The van der Waals surface area contributed by atoms with Crippen molar-refractivity contribution in [2.45, 2.75) is 6.54 Å². The molecule has 104 valence electrons. The fourth-order valence-corrected chi connectivity index (χ4v) is 2.02. The third kappa shape index (κ3) is 3.42. The van der Waals surface area contributed by atoms with Crippen LogP contribution in [0.15, 0.2) is 42.5 Å². The Morgan fingerprint density at radius 3 is 2.75 bits per heavy atom. The van der Waals surface area contributed by atoms with E-state index in [1.54, 1.807) is 24.3 Å². The third-order valence-corrected chi connectivity index (χ3v) is 3.07. The predicted molar refractivity (Wildman–Crippen MR) is 80.0 cm³/mol. The van der Waals surface area contributed by atoms with E-state index >= 15 is 0 Å². The van der Waals surface area contributed by atoms with Gasteiger partial charge in [0.2, 0.25) is 0 Å². The lowest BCUT2D eigenvalue weighted by Crippen LogP contribution is -2.22. The Kier molecular flexibility index (Phi) is 4.48. The van der Waals surface area contributed by atoms with E-state index in [0.29, 0.717) is 28.6 Å². The average molecular weight is 291 g/mol. The molecule has 0 aromatic heterocycles. The first-order valence-electron chi connectivity index (χ1n) is 6.06. The highest BCUT2D eigenvalue weighted by molar-refractivity contribution is 6.30. The van der Waals surface area contributed by atoms with Gasteiger partial charge in [-0.3, -0.25) is 4.79 Å². The van der Waals surface area contributed by atoms with Crippen LogP contribution in [0.2, 0.25) is 5.02 Å². The maximum atomic E-state index is 12.0. The Balaban J connectivity index is 2.03. The lowest BCUT2D eigenvalue weighted by Gasteiger charge is -2.08. The summed E-state index contributed by atoms with van der Waals surface area (Å²) in [6.07, 6.45) is 0. The molecule has 0 saturated heterocycles. The number of hydrogen-bond donors (Lipinski definition) is 2. The molecule has 0 bridgehead atoms. The minimum absolute atomic E-state index is 0.195. The van der Waals surface area contributed by atoms with Crippen LogP contribution in [-0.2, 0) is 6.54 Å². The molecule has 0 heterocycles. The predicted octanol–water partition coefficient (Wildman–Crippen LogP) is 2.86. The zero-order chi connectivity index (χ0) is 14.5. The molecule has 0 atom stereocenters. The summed E-state index contributed by atoms with van der Waals surface area (Å²) < 4.78 is 5.05. The fraction of sp³-hybridized carbons (Fsp3) is 0.133. The summed E-state index contributed by atoms with van der Waals surface area (Å²) in [5.41, 5.74) is 7.64. The quantitative estimate of drug-likeness (QED) is 0.851. The maximum Gasteiger partial charge on any atom is 0.251 e. The summed E-state index contributed by atoms with van der Waals surface area (Å²) >= 11 is 5.89. The van der Waals surface area contributed by atoms with Gasteiger partial charge in [0.05, 0.1) is 12.8 Å². The smallest absolute Gasteiger partial charge is 0.251 e. The standard InChI is InChI=1S/C15H15ClN2O2/c1-20-14-6-5-11(8-13(14)17)15(19)18-9-10-3-2-4-12(16)7-10/h2-8H,9,17H2,1H3,(H,18,19). The molecule has 2 aromatic carbocycles.